The number of halogens is 1. The number of likely N-dealkylation sites (tertiary alicyclic amines) is 1. The second-order valence-corrected chi connectivity index (χ2v) is 5.64. The second-order valence-electron chi connectivity index (χ2n) is 5.20. The van der Waals surface area contributed by atoms with E-state index in [1.807, 2.05) is 31.2 Å². The van der Waals surface area contributed by atoms with Gasteiger partial charge in [0.2, 0.25) is 11.8 Å². The highest BCUT2D eigenvalue weighted by atomic mass is 35.5. The molecule has 4 nitrogen and oxygen atoms in total. The Labute approximate surface area is 124 Å². The van der Waals surface area contributed by atoms with Crippen LogP contribution in [0.1, 0.15) is 31.4 Å². The van der Waals surface area contributed by atoms with E-state index in [9.17, 15) is 9.59 Å². The predicted octanol–water partition coefficient (Wildman–Crippen LogP) is 2.39. The standard InChI is InChI=1S/C15H19ClN2O2/c1-3-13(10-5-4-6-12(16)7-10)17-15(20)11-8-14(19)18(2)9-11/h4-7,11,13H,3,8-9H2,1-2H3,(H,17,20)/t11-,13+/m1/s1. The summed E-state index contributed by atoms with van der Waals surface area (Å²) in [6.07, 6.45) is 1.08. The largest absolute Gasteiger partial charge is 0.349 e. The zero-order valence-corrected chi connectivity index (χ0v) is 12.5. The first-order chi connectivity index (χ1) is 9.51. The summed E-state index contributed by atoms with van der Waals surface area (Å²) in [7, 11) is 1.73. The van der Waals surface area contributed by atoms with Gasteiger partial charge in [0.1, 0.15) is 0 Å². The van der Waals surface area contributed by atoms with Crippen LogP contribution in [0.5, 0.6) is 0 Å². The van der Waals surface area contributed by atoms with Crippen LogP contribution in [0.15, 0.2) is 24.3 Å². The lowest BCUT2D eigenvalue weighted by Crippen LogP contribution is -2.34. The van der Waals surface area contributed by atoms with Crippen LogP contribution in [0.4, 0.5) is 0 Å². The fraction of sp³-hybridized carbons (Fsp3) is 0.467. The molecule has 1 fully saturated rings. The molecule has 1 aliphatic heterocycles. The number of nitrogens with zero attached hydrogens (tertiary/aromatic N) is 1. The van der Waals surface area contributed by atoms with Crippen LogP contribution in [-0.4, -0.2) is 30.3 Å². The molecule has 2 rings (SSSR count). The summed E-state index contributed by atoms with van der Waals surface area (Å²) in [5, 5.41) is 3.68. The monoisotopic (exact) mass is 294 g/mol. The van der Waals surface area contributed by atoms with Gasteiger partial charge in [0, 0.05) is 25.0 Å². The number of rotatable bonds is 4. The molecule has 0 spiro atoms. The molecular formula is C15H19ClN2O2. The fourth-order valence-corrected chi connectivity index (χ4v) is 2.67. The Morgan fingerprint density at radius 3 is 2.85 bits per heavy atom. The van der Waals surface area contributed by atoms with Crippen molar-refractivity contribution in [3.63, 3.8) is 0 Å². The molecule has 20 heavy (non-hydrogen) atoms. The van der Waals surface area contributed by atoms with E-state index in [0.717, 1.165) is 12.0 Å². The van der Waals surface area contributed by atoms with Gasteiger partial charge in [0.25, 0.3) is 0 Å². The SMILES string of the molecule is CC[C@H](NC(=O)[C@@H]1CC(=O)N(C)C1)c1cccc(Cl)c1. The Morgan fingerprint density at radius 2 is 2.30 bits per heavy atom. The molecule has 1 heterocycles. The van der Waals surface area contributed by atoms with Crippen LogP contribution in [0.3, 0.4) is 0 Å². The van der Waals surface area contributed by atoms with E-state index in [-0.39, 0.29) is 23.8 Å². The average molecular weight is 295 g/mol. The molecule has 1 aliphatic rings. The molecule has 1 aromatic carbocycles. The lowest BCUT2D eigenvalue weighted by Gasteiger charge is -2.20. The van der Waals surface area contributed by atoms with E-state index >= 15 is 0 Å². The number of carbonyl (C=O) groups excluding carboxylic acids is 2. The number of hydrogen-bond donors (Lipinski definition) is 1. The zero-order chi connectivity index (χ0) is 14.7. The van der Waals surface area contributed by atoms with Crippen LogP contribution >= 0.6 is 11.6 Å². The summed E-state index contributed by atoms with van der Waals surface area (Å²) in [5.74, 6) is -0.281. The van der Waals surface area contributed by atoms with Gasteiger partial charge in [0.15, 0.2) is 0 Å². The topological polar surface area (TPSA) is 49.4 Å². The Morgan fingerprint density at radius 1 is 1.55 bits per heavy atom. The van der Waals surface area contributed by atoms with Crippen molar-refractivity contribution >= 4 is 23.4 Å². The van der Waals surface area contributed by atoms with E-state index in [1.54, 1.807) is 11.9 Å². The minimum Gasteiger partial charge on any atom is -0.349 e. The molecule has 0 radical (unpaired) electrons. The first-order valence-electron chi connectivity index (χ1n) is 6.81. The average Bonchev–Trinajstić information content (AvgIpc) is 2.76. The highest BCUT2D eigenvalue weighted by molar-refractivity contribution is 6.30. The van der Waals surface area contributed by atoms with Gasteiger partial charge in [-0.25, -0.2) is 0 Å². The van der Waals surface area contributed by atoms with Gasteiger partial charge in [-0.15, -0.1) is 0 Å². The van der Waals surface area contributed by atoms with Gasteiger partial charge in [-0.1, -0.05) is 30.7 Å². The van der Waals surface area contributed by atoms with E-state index in [4.69, 9.17) is 11.6 Å². The molecule has 1 saturated heterocycles. The maximum atomic E-state index is 12.2. The van der Waals surface area contributed by atoms with Crippen LogP contribution in [0, 0.1) is 5.92 Å². The van der Waals surface area contributed by atoms with Gasteiger partial charge in [-0.3, -0.25) is 9.59 Å². The summed E-state index contributed by atoms with van der Waals surface area (Å²) in [5.41, 5.74) is 0.992. The van der Waals surface area contributed by atoms with Crippen LogP contribution in [-0.2, 0) is 9.59 Å². The van der Waals surface area contributed by atoms with Crippen molar-refractivity contribution < 1.29 is 9.59 Å². The van der Waals surface area contributed by atoms with Gasteiger partial charge in [0.05, 0.1) is 12.0 Å². The Hall–Kier alpha value is -1.55. The Balaban J connectivity index is 2.03. The molecule has 0 unspecified atom stereocenters. The molecular weight excluding hydrogens is 276 g/mol. The van der Waals surface area contributed by atoms with Gasteiger partial charge < -0.3 is 10.2 Å². The van der Waals surface area contributed by atoms with E-state index < -0.39 is 0 Å². The summed E-state index contributed by atoms with van der Waals surface area (Å²) in [6, 6.07) is 7.43. The number of carbonyl (C=O) groups is 2. The Bertz CT molecular complexity index is 518. The van der Waals surface area contributed by atoms with Crippen molar-refractivity contribution in [1.29, 1.82) is 0 Å². The van der Waals surface area contributed by atoms with Crippen molar-refractivity contribution in [2.24, 2.45) is 5.92 Å². The van der Waals surface area contributed by atoms with Crippen LogP contribution in [0.25, 0.3) is 0 Å². The van der Waals surface area contributed by atoms with E-state index in [0.29, 0.717) is 18.0 Å². The molecule has 1 aromatic rings. The molecule has 5 heteroatoms. The molecule has 0 aliphatic carbocycles. The second kappa shape index (κ2) is 6.27. The van der Waals surface area contributed by atoms with E-state index in [2.05, 4.69) is 5.32 Å². The molecule has 2 amide bonds. The normalized spacial score (nSPS) is 20.1. The molecule has 0 bridgehead atoms. The van der Waals surface area contributed by atoms with Crippen molar-refractivity contribution in [2.45, 2.75) is 25.8 Å². The highest BCUT2D eigenvalue weighted by Crippen LogP contribution is 2.22. The number of amides is 2. The lowest BCUT2D eigenvalue weighted by atomic mass is 10.0. The summed E-state index contributed by atoms with van der Waals surface area (Å²) < 4.78 is 0. The third-order valence-corrected chi connectivity index (χ3v) is 3.92. The smallest absolute Gasteiger partial charge is 0.225 e. The quantitative estimate of drug-likeness (QED) is 0.927. The van der Waals surface area contributed by atoms with Gasteiger partial charge >= 0.3 is 0 Å². The summed E-state index contributed by atoms with van der Waals surface area (Å²) in [6.45, 7) is 2.51. The highest BCUT2D eigenvalue weighted by Gasteiger charge is 2.32. The third kappa shape index (κ3) is 3.31. The minimum absolute atomic E-state index is 0.0287. The number of hydrogen-bond acceptors (Lipinski definition) is 2. The summed E-state index contributed by atoms with van der Waals surface area (Å²) >= 11 is 5.98. The molecule has 1 N–H and O–H groups in total. The lowest BCUT2D eigenvalue weighted by molar-refractivity contribution is -0.128. The number of nitrogens with one attached hydrogen (secondary N) is 1. The maximum Gasteiger partial charge on any atom is 0.225 e. The third-order valence-electron chi connectivity index (χ3n) is 3.69. The Kier molecular flexibility index (Phi) is 4.65. The molecule has 0 aromatic heterocycles. The van der Waals surface area contributed by atoms with Crippen LogP contribution in [0.2, 0.25) is 5.02 Å². The fourth-order valence-electron chi connectivity index (χ4n) is 2.47. The molecule has 2 atom stereocenters. The minimum atomic E-state index is -0.249. The molecule has 108 valence electrons. The van der Waals surface area contributed by atoms with Crippen molar-refractivity contribution in [2.75, 3.05) is 13.6 Å². The number of benzene rings is 1. The molecule has 0 saturated carbocycles. The van der Waals surface area contributed by atoms with Crippen molar-refractivity contribution in [3.05, 3.63) is 34.9 Å². The van der Waals surface area contributed by atoms with Crippen molar-refractivity contribution in [1.82, 2.24) is 10.2 Å². The van der Waals surface area contributed by atoms with Crippen LogP contribution < -0.4 is 5.32 Å². The van der Waals surface area contributed by atoms with Gasteiger partial charge in [-0.05, 0) is 24.1 Å². The first-order valence-corrected chi connectivity index (χ1v) is 7.19. The zero-order valence-electron chi connectivity index (χ0n) is 11.7. The first kappa shape index (κ1) is 14.9. The summed E-state index contributed by atoms with van der Waals surface area (Å²) in [4.78, 5) is 25.3. The maximum absolute atomic E-state index is 12.2. The van der Waals surface area contributed by atoms with Gasteiger partial charge in [-0.2, -0.15) is 0 Å². The predicted molar refractivity (Wildman–Crippen MR) is 78.4 cm³/mol. The van der Waals surface area contributed by atoms with E-state index in [1.165, 1.54) is 0 Å². The van der Waals surface area contributed by atoms with Crippen molar-refractivity contribution in [3.8, 4) is 0 Å².